The Labute approximate surface area is 145 Å². The molecule has 3 rings (SSSR count). The summed E-state index contributed by atoms with van der Waals surface area (Å²) in [6.07, 6.45) is -0.735. The Morgan fingerprint density at radius 3 is 2.72 bits per heavy atom. The predicted octanol–water partition coefficient (Wildman–Crippen LogP) is 3.68. The van der Waals surface area contributed by atoms with Gasteiger partial charge in [0, 0.05) is 0 Å². The van der Waals surface area contributed by atoms with Gasteiger partial charge in [0.1, 0.15) is 12.7 Å². The zero-order valence-electron chi connectivity index (χ0n) is 14.0. The number of fused-ring (bicyclic) bond motifs is 1. The number of benzene rings is 2. The maximum absolute atomic E-state index is 13.9. The molecule has 4 nitrogen and oxygen atoms in total. The first-order chi connectivity index (χ1) is 12.0. The van der Waals surface area contributed by atoms with Gasteiger partial charge in [-0.15, -0.1) is 0 Å². The van der Waals surface area contributed by atoms with E-state index >= 15 is 0 Å². The van der Waals surface area contributed by atoms with E-state index in [2.05, 4.69) is 0 Å². The average molecular weight is 347 g/mol. The van der Waals surface area contributed by atoms with Crippen molar-refractivity contribution < 1.29 is 23.0 Å². The highest BCUT2D eigenvalue weighted by atomic mass is 19.2. The van der Waals surface area contributed by atoms with E-state index in [9.17, 15) is 13.6 Å². The number of ether oxygens (including phenoxy) is 2. The molecule has 0 fully saturated rings. The van der Waals surface area contributed by atoms with Crippen molar-refractivity contribution >= 4 is 11.6 Å². The minimum Gasteiger partial charge on any atom is -0.486 e. The highest BCUT2D eigenvalue weighted by molar-refractivity contribution is 5.98. The molecule has 2 atom stereocenters. The minimum atomic E-state index is -1.08. The van der Waals surface area contributed by atoms with E-state index in [-0.39, 0.29) is 36.6 Å². The molecule has 0 saturated heterocycles. The Kier molecular flexibility index (Phi) is 4.99. The van der Waals surface area contributed by atoms with Crippen LogP contribution in [-0.2, 0) is 16.1 Å². The predicted molar refractivity (Wildman–Crippen MR) is 89.5 cm³/mol. The van der Waals surface area contributed by atoms with Gasteiger partial charge < -0.3 is 14.4 Å². The van der Waals surface area contributed by atoms with Crippen molar-refractivity contribution in [2.24, 2.45) is 0 Å². The van der Waals surface area contributed by atoms with Crippen LogP contribution in [0.3, 0.4) is 0 Å². The summed E-state index contributed by atoms with van der Waals surface area (Å²) in [7, 11) is 0. The first-order valence-electron chi connectivity index (χ1n) is 8.08. The molecule has 1 aliphatic rings. The number of anilines is 1. The topological polar surface area (TPSA) is 38.8 Å². The molecule has 0 radical (unpaired) electrons. The molecule has 0 aromatic heterocycles. The molecule has 2 aromatic rings. The van der Waals surface area contributed by atoms with E-state index in [1.165, 1.54) is 11.0 Å². The SMILES string of the molecule is CC(OCc1ccccc1)C(=O)N1c2ccc(F)c(F)c2OCC1C. The van der Waals surface area contributed by atoms with Gasteiger partial charge in [-0.1, -0.05) is 30.3 Å². The lowest BCUT2D eigenvalue weighted by molar-refractivity contribution is -0.130. The smallest absolute Gasteiger partial charge is 0.256 e. The molecular formula is C19H19F2NO3. The van der Waals surface area contributed by atoms with Gasteiger partial charge in [0.25, 0.3) is 5.91 Å². The fourth-order valence-corrected chi connectivity index (χ4v) is 2.76. The number of carbonyl (C=O) groups excluding carboxylic acids is 1. The van der Waals surface area contributed by atoms with Gasteiger partial charge in [0.05, 0.1) is 18.3 Å². The largest absolute Gasteiger partial charge is 0.486 e. The first kappa shape index (κ1) is 17.4. The van der Waals surface area contributed by atoms with Crippen LogP contribution >= 0.6 is 0 Å². The lowest BCUT2D eigenvalue weighted by atomic mass is 10.1. The summed E-state index contributed by atoms with van der Waals surface area (Å²) >= 11 is 0. The summed E-state index contributed by atoms with van der Waals surface area (Å²) in [6.45, 7) is 3.81. The van der Waals surface area contributed by atoms with Crippen LogP contribution < -0.4 is 9.64 Å². The summed E-state index contributed by atoms with van der Waals surface area (Å²) in [4.78, 5) is 14.2. The van der Waals surface area contributed by atoms with Gasteiger partial charge >= 0.3 is 0 Å². The molecule has 1 amide bonds. The molecule has 132 valence electrons. The quantitative estimate of drug-likeness (QED) is 0.847. The molecule has 2 unspecified atom stereocenters. The monoisotopic (exact) mass is 347 g/mol. The zero-order valence-corrected chi connectivity index (χ0v) is 14.0. The van der Waals surface area contributed by atoms with Gasteiger partial charge in [-0.3, -0.25) is 4.79 Å². The van der Waals surface area contributed by atoms with E-state index in [4.69, 9.17) is 9.47 Å². The van der Waals surface area contributed by atoms with Crippen LogP contribution in [0.15, 0.2) is 42.5 Å². The summed E-state index contributed by atoms with van der Waals surface area (Å²) in [5.41, 5.74) is 1.17. The van der Waals surface area contributed by atoms with Gasteiger partial charge in [-0.2, -0.15) is 4.39 Å². The highest BCUT2D eigenvalue weighted by Crippen LogP contribution is 2.37. The van der Waals surface area contributed by atoms with E-state index in [1.54, 1.807) is 13.8 Å². The number of amides is 1. The maximum Gasteiger partial charge on any atom is 0.256 e. The number of rotatable bonds is 4. The Morgan fingerprint density at radius 2 is 2.00 bits per heavy atom. The second-order valence-corrected chi connectivity index (χ2v) is 6.02. The fourth-order valence-electron chi connectivity index (χ4n) is 2.76. The highest BCUT2D eigenvalue weighted by Gasteiger charge is 2.34. The van der Waals surface area contributed by atoms with Crippen LogP contribution in [0.4, 0.5) is 14.5 Å². The summed E-state index contributed by atoms with van der Waals surface area (Å²) in [5, 5.41) is 0. The van der Waals surface area contributed by atoms with Crippen molar-refractivity contribution in [3.05, 3.63) is 59.7 Å². The van der Waals surface area contributed by atoms with Crippen molar-refractivity contribution in [3.63, 3.8) is 0 Å². The van der Waals surface area contributed by atoms with Crippen molar-refractivity contribution in [3.8, 4) is 5.75 Å². The third-order valence-corrected chi connectivity index (χ3v) is 4.13. The molecule has 0 saturated carbocycles. The van der Waals surface area contributed by atoms with Gasteiger partial charge in [-0.05, 0) is 31.5 Å². The Bertz CT molecular complexity index is 767. The van der Waals surface area contributed by atoms with Crippen molar-refractivity contribution in [2.75, 3.05) is 11.5 Å². The number of carbonyl (C=O) groups is 1. The second-order valence-electron chi connectivity index (χ2n) is 6.02. The lowest BCUT2D eigenvalue weighted by Crippen LogP contribution is -2.49. The standard InChI is InChI=1S/C19H19F2NO3/c1-12-10-25-18-16(9-8-15(20)17(18)21)22(12)19(23)13(2)24-11-14-6-4-3-5-7-14/h3-9,12-13H,10-11H2,1-2H3. The Morgan fingerprint density at radius 1 is 1.28 bits per heavy atom. The van der Waals surface area contributed by atoms with Crippen LogP contribution in [0.5, 0.6) is 5.75 Å². The third-order valence-electron chi connectivity index (χ3n) is 4.13. The maximum atomic E-state index is 13.9. The fraction of sp³-hybridized carbons (Fsp3) is 0.316. The number of hydrogen-bond donors (Lipinski definition) is 0. The Hall–Kier alpha value is -2.47. The molecule has 6 heteroatoms. The van der Waals surface area contributed by atoms with E-state index in [1.807, 2.05) is 30.3 Å². The Balaban J connectivity index is 1.78. The third kappa shape index (κ3) is 3.49. The molecule has 0 bridgehead atoms. The van der Waals surface area contributed by atoms with Crippen LogP contribution in [0.2, 0.25) is 0 Å². The second kappa shape index (κ2) is 7.19. The molecule has 25 heavy (non-hydrogen) atoms. The number of halogens is 2. The molecule has 1 heterocycles. The van der Waals surface area contributed by atoms with Crippen LogP contribution in [0.1, 0.15) is 19.4 Å². The van der Waals surface area contributed by atoms with Crippen LogP contribution in [0.25, 0.3) is 0 Å². The molecular weight excluding hydrogens is 328 g/mol. The van der Waals surface area contributed by atoms with Gasteiger partial charge in [0.2, 0.25) is 5.82 Å². The lowest BCUT2D eigenvalue weighted by Gasteiger charge is -2.36. The molecule has 0 N–H and O–H groups in total. The summed E-state index contributed by atoms with van der Waals surface area (Å²) < 4.78 is 38.3. The van der Waals surface area contributed by atoms with Crippen molar-refractivity contribution in [1.82, 2.24) is 0 Å². The van der Waals surface area contributed by atoms with E-state index in [0.717, 1.165) is 11.6 Å². The zero-order chi connectivity index (χ0) is 18.0. The molecule has 0 aliphatic carbocycles. The molecule has 2 aromatic carbocycles. The van der Waals surface area contributed by atoms with Gasteiger partial charge in [-0.25, -0.2) is 4.39 Å². The van der Waals surface area contributed by atoms with E-state index < -0.39 is 17.7 Å². The number of hydrogen-bond acceptors (Lipinski definition) is 3. The normalized spacial score (nSPS) is 17.6. The van der Waals surface area contributed by atoms with Gasteiger partial charge in [0.15, 0.2) is 11.6 Å². The molecule has 1 aliphatic heterocycles. The summed E-state index contributed by atoms with van der Waals surface area (Å²) in [6, 6.07) is 11.5. The van der Waals surface area contributed by atoms with Crippen LogP contribution in [-0.4, -0.2) is 24.7 Å². The van der Waals surface area contributed by atoms with Crippen LogP contribution in [0, 0.1) is 11.6 Å². The van der Waals surface area contributed by atoms with Crippen molar-refractivity contribution in [2.45, 2.75) is 32.6 Å². The summed E-state index contributed by atoms with van der Waals surface area (Å²) in [5.74, 6) is -2.64. The minimum absolute atomic E-state index is 0.0878. The molecule has 0 spiro atoms. The first-order valence-corrected chi connectivity index (χ1v) is 8.08. The van der Waals surface area contributed by atoms with E-state index in [0.29, 0.717) is 0 Å². The van der Waals surface area contributed by atoms with Crippen molar-refractivity contribution in [1.29, 1.82) is 0 Å². The average Bonchev–Trinajstić information content (AvgIpc) is 2.63. The number of nitrogens with zero attached hydrogens (tertiary/aromatic N) is 1.